The maximum Gasteiger partial charge on any atom is 0.325 e. The van der Waals surface area contributed by atoms with Crippen molar-refractivity contribution >= 4 is 75.8 Å². The number of carbonyl (C=O) groups excluding carboxylic acids is 2. The van der Waals surface area contributed by atoms with Crippen molar-refractivity contribution in [1.29, 1.82) is 5.26 Å². The Hall–Kier alpha value is -3.61. The van der Waals surface area contributed by atoms with Gasteiger partial charge in [-0.2, -0.15) is 5.26 Å². The summed E-state index contributed by atoms with van der Waals surface area (Å²) in [6, 6.07) is 18.8. The van der Waals surface area contributed by atoms with E-state index in [0.29, 0.717) is 27.4 Å². The van der Waals surface area contributed by atoms with Gasteiger partial charge < -0.3 is 14.4 Å². The minimum atomic E-state index is -0.582. The average molecular weight is 587 g/mol. The number of methoxy groups -OCH3 is 1. The van der Waals surface area contributed by atoms with Crippen LogP contribution in [0, 0.1) is 11.3 Å². The van der Waals surface area contributed by atoms with Crippen molar-refractivity contribution in [1.82, 2.24) is 4.90 Å². The lowest BCUT2D eigenvalue weighted by atomic mass is 10.1. The lowest BCUT2D eigenvalue weighted by Gasteiger charge is -2.19. The number of ether oxygens (including phenoxy) is 2. The Morgan fingerprint density at radius 3 is 2.37 bits per heavy atom. The molecule has 1 saturated heterocycles. The number of anilines is 1. The highest BCUT2D eigenvalue weighted by molar-refractivity contribution is 7.80. The Kier molecular flexibility index (Phi) is 8.55. The van der Waals surface area contributed by atoms with Gasteiger partial charge in [0.25, 0.3) is 5.91 Å². The number of amides is 1. The van der Waals surface area contributed by atoms with Gasteiger partial charge in [0, 0.05) is 10.6 Å². The highest BCUT2D eigenvalue weighted by atomic mass is 35.5. The molecule has 0 aliphatic carbocycles. The van der Waals surface area contributed by atoms with Crippen LogP contribution in [0.3, 0.4) is 0 Å². The molecule has 0 aromatic heterocycles. The number of hydrogen-bond donors (Lipinski definition) is 0. The fourth-order valence-electron chi connectivity index (χ4n) is 3.71. The fourth-order valence-corrected chi connectivity index (χ4v) is 4.80. The SMILES string of the molecule is COC(=O)CN1C(=S)N(c2ccc(Cl)cc2)C(=O)/C1=C/c1cc(Cl)c(OCc2ccccc2C#N)c(Cl)c1. The van der Waals surface area contributed by atoms with Crippen molar-refractivity contribution in [3.8, 4) is 11.8 Å². The molecule has 0 N–H and O–H groups in total. The van der Waals surface area contributed by atoms with Gasteiger partial charge in [-0.15, -0.1) is 0 Å². The third-order valence-electron chi connectivity index (χ3n) is 5.57. The van der Waals surface area contributed by atoms with E-state index in [-0.39, 0.29) is 39.8 Å². The zero-order chi connectivity index (χ0) is 27.4. The first kappa shape index (κ1) is 27.4. The predicted octanol–water partition coefficient (Wildman–Crippen LogP) is 6.25. The van der Waals surface area contributed by atoms with Crippen molar-refractivity contribution in [2.45, 2.75) is 6.61 Å². The van der Waals surface area contributed by atoms with E-state index in [2.05, 4.69) is 6.07 Å². The van der Waals surface area contributed by atoms with Gasteiger partial charge in [-0.3, -0.25) is 14.5 Å². The first-order chi connectivity index (χ1) is 18.2. The van der Waals surface area contributed by atoms with Crippen molar-refractivity contribution in [2.75, 3.05) is 18.6 Å². The van der Waals surface area contributed by atoms with Crippen LogP contribution in [0.25, 0.3) is 6.08 Å². The third-order valence-corrected chi connectivity index (χ3v) is 6.79. The third kappa shape index (κ3) is 5.77. The molecule has 11 heteroatoms. The van der Waals surface area contributed by atoms with Crippen LogP contribution in [-0.2, 0) is 20.9 Å². The number of nitrogens with zero attached hydrogens (tertiary/aromatic N) is 3. The monoisotopic (exact) mass is 585 g/mol. The van der Waals surface area contributed by atoms with E-state index in [4.69, 9.17) is 56.5 Å². The molecule has 38 heavy (non-hydrogen) atoms. The molecule has 1 fully saturated rings. The minimum absolute atomic E-state index is 0.0827. The second-order valence-electron chi connectivity index (χ2n) is 7.96. The van der Waals surface area contributed by atoms with Gasteiger partial charge in [0.2, 0.25) is 0 Å². The van der Waals surface area contributed by atoms with Crippen molar-refractivity contribution in [3.05, 3.63) is 98.1 Å². The minimum Gasteiger partial charge on any atom is -0.486 e. The topological polar surface area (TPSA) is 82.9 Å². The molecule has 0 spiro atoms. The molecule has 1 amide bonds. The van der Waals surface area contributed by atoms with Crippen molar-refractivity contribution in [2.24, 2.45) is 0 Å². The first-order valence-electron chi connectivity index (χ1n) is 11.0. The van der Waals surface area contributed by atoms with Crippen LogP contribution in [0.5, 0.6) is 5.75 Å². The maximum absolute atomic E-state index is 13.5. The zero-order valence-electron chi connectivity index (χ0n) is 19.8. The van der Waals surface area contributed by atoms with Crippen LogP contribution in [0.2, 0.25) is 15.1 Å². The molecule has 0 unspecified atom stereocenters. The average Bonchev–Trinajstić information content (AvgIpc) is 3.12. The summed E-state index contributed by atoms with van der Waals surface area (Å²) in [5.74, 6) is -0.811. The molecule has 0 saturated carbocycles. The second-order valence-corrected chi connectivity index (χ2v) is 9.58. The number of benzene rings is 3. The van der Waals surface area contributed by atoms with E-state index in [9.17, 15) is 14.9 Å². The molecule has 0 radical (unpaired) electrons. The summed E-state index contributed by atoms with van der Waals surface area (Å²) >= 11 is 24.5. The van der Waals surface area contributed by atoms with Gasteiger partial charge in [-0.1, -0.05) is 53.0 Å². The maximum atomic E-state index is 13.5. The van der Waals surface area contributed by atoms with Crippen LogP contribution in [0.15, 0.2) is 66.4 Å². The van der Waals surface area contributed by atoms with E-state index in [1.165, 1.54) is 23.0 Å². The quantitative estimate of drug-likeness (QED) is 0.184. The standard InChI is InChI=1S/C27H18Cl3N3O4S/c1-36-24(34)14-32-23(26(35)33(27(32)38)20-8-6-19(28)7-9-20)12-16-10-21(29)25(22(30)11-16)37-15-18-5-3-2-4-17(18)13-31/h2-12H,14-15H2,1H3/b23-12-. The lowest BCUT2D eigenvalue weighted by molar-refractivity contribution is -0.140. The summed E-state index contributed by atoms with van der Waals surface area (Å²) in [6.07, 6.45) is 1.53. The van der Waals surface area contributed by atoms with Gasteiger partial charge in [0.05, 0.1) is 34.5 Å². The number of thiocarbonyl (C=S) groups is 1. The van der Waals surface area contributed by atoms with E-state index < -0.39 is 11.9 Å². The summed E-state index contributed by atoms with van der Waals surface area (Å²) in [6.45, 7) is -0.197. The molecule has 1 aliphatic heterocycles. The van der Waals surface area contributed by atoms with Crippen molar-refractivity contribution in [3.63, 3.8) is 0 Å². The van der Waals surface area contributed by atoms with Crippen molar-refractivity contribution < 1.29 is 19.1 Å². The number of esters is 1. The number of hydrogen-bond acceptors (Lipinski definition) is 6. The zero-order valence-corrected chi connectivity index (χ0v) is 22.9. The first-order valence-corrected chi connectivity index (χ1v) is 12.6. The van der Waals surface area contributed by atoms with E-state index >= 15 is 0 Å². The summed E-state index contributed by atoms with van der Waals surface area (Å²) < 4.78 is 10.6. The number of halogens is 3. The van der Waals surface area contributed by atoms with Crippen LogP contribution in [0.1, 0.15) is 16.7 Å². The molecular weight excluding hydrogens is 569 g/mol. The Morgan fingerprint density at radius 1 is 1.08 bits per heavy atom. The van der Waals surface area contributed by atoms with E-state index in [1.807, 2.05) is 0 Å². The molecule has 1 aliphatic rings. The van der Waals surface area contributed by atoms with Crippen LogP contribution in [0.4, 0.5) is 5.69 Å². The largest absolute Gasteiger partial charge is 0.486 e. The van der Waals surface area contributed by atoms with Gasteiger partial charge in [-0.25, -0.2) is 0 Å². The van der Waals surface area contributed by atoms with Gasteiger partial charge >= 0.3 is 5.97 Å². The molecular formula is C27H18Cl3N3O4S. The highest BCUT2D eigenvalue weighted by Crippen LogP contribution is 2.37. The molecule has 7 nitrogen and oxygen atoms in total. The Labute approximate surface area is 239 Å². The summed E-state index contributed by atoms with van der Waals surface area (Å²) in [4.78, 5) is 28.3. The molecule has 0 bridgehead atoms. The van der Waals surface area contributed by atoms with Crippen LogP contribution >= 0.6 is 47.0 Å². The highest BCUT2D eigenvalue weighted by Gasteiger charge is 2.40. The molecule has 3 aromatic rings. The number of carbonyl (C=O) groups is 2. The van der Waals surface area contributed by atoms with Gasteiger partial charge in [0.1, 0.15) is 18.8 Å². The molecule has 0 atom stereocenters. The smallest absolute Gasteiger partial charge is 0.325 e. The van der Waals surface area contributed by atoms with Gasteiger partial charge in [0.15, 0.2) is 10.9 Å². The predicted molar refractivity (Wildman–Crippen MR) is 150 cm³/mol. The molecule has 4 rings (SSSR count). The fraction of sp³-hybridized carbons (Fsp3) is 0.111. The number of nitriles is 1. The summed E-state index contributed by atoms with van der Waals surface area (Å²) in [7, 11) is 1.25. The Morgan fingerprint density at radius 2 is 1.74 bits per heavy atom. The normalized spacial score (nSPS) is 14.1. The second kappa shape index (κ2) is 11.8. The van der Waals surface area contributed by atoms with E-state index in [1.54, 1.807) is 60.7 Å². The molecule has 3 aromatic carbocycles. The van der Waals surface area contributed by atoms with Crippen LogP contribution < -0.4 is 9.64 Å². The summed E-state index contributed by atoms with van der Waals surface area (Å²) in [5, 5.41) is 10.3. The molecule has 192 valence electrons. The Bertz CT molecular complexity index is 1480. The van der Waals surface area contributed by atoms with Crippen LogP contribution in [-0.4, -0.2) is 35.5 Å². The van der Waals surface area contributed by atoms with E-state index in [0.717, 1.165) is 0 Å². The summed E-state index contributed by atoms with van der Waals surface area (Å²) in [5.41, 5.74) is 2.25. The Balaban J connectivity index is 1.66. The lowest BCUT2D eigenvalue weighted by Crippen LogP contribution is -2.35. The molecule has 1 heterocycles. The van der Waals surface area contributed by atoms with Gasteiger partial charge in [-0.05, 0) is 66.3 Å². The number of rotatable bonds is 7.